The Balaban J connectivity index is 1.64. The summed E-state index contributed by atoms with van der Waals surface area (Å²) in [5.41, 5.74) is 0. The Bertz CT molecular complexity index is 614. The maximum atomic E-state index is 12.3. The summed E-state index contributed by atoms with van der Waals surface area (Å²) in [7, 11) is 0. The van der Waals surface area contributed by atoms with Crippen LogP contribution in [0.1, 0.15) is 39.0 Å². The molecule has 7 nitrogen and oxygen atoms in total. The van der Waals surface area contributed by atoms with Crippen molar-refractivity contribution in [2.45, 2.75) is 45.1 Å². The first kappa shape index (κ1) is 20.7. The third-order valence-electron chi connectivity index (χ3n) is 4.58. The van der Waals surface area contributed by atoms with Crippen molar-refractivity contribution in [1.82, 2.24) is 10.2 Å². The third kappa shape index (κ3) is 7.29. The topological polar surface area (TPSA) is 84.9 Å². The van der Waals surface area contributed by atoms with E-state index in [0.29, 0.717) is 12.3 Å². The molecule has 7 heteroatoms. The van der Waals surface area contributed by atoms with Gasteiger partial charge in [0.25, 0.3) is 11.8 Å². The summed E-state index contributed by atoms with van der Waals surface area (Å²) in [5.74, 6) is -0.685. The number of nitrogens with one attached hydrogen (secondary N) is 1. The lowest BCUT2D eigenvalue weighted by atomic mass is 9.94. The van der Waals surface area contributed by atoms with Crippen molar-refractivity contribution in [2.24, 2.45) is 0 Å². The molecule has 0 atom stereocenters. The van der Waals surface area contributed by atoms with Crippen molar-refractivity contribution >= 4 is 17.8 Å². The Hall–Kier alpha value is -2.57. The van der Waals surface area contributed by atoms with Gasteiger partial charge in [-0.1, -0.05) is 37.5 Å². The minimum absolute atomic E-state index is 0.184. The van der Waals surface area contributed by atoms with E-state index in [1.807, 2.05) is 13.0 Å². The van der Waals surface area contributed by atoms with Crippen LogP contribution in [-0.4, -0.2) is 55.0 Å². The second-order valence-corrected chi connectivity index (χ2v) is 6.51. The average molecular weight is 376 g/mol. The van der Waals surface area contributed by atoms with E-state index in [9.17, 15) is 14.4 Å². The number of likely N-dealkylation sites (N-methyl/N-ethyl adjacent to an activating group) is 1. The monoisotopic (exact) mass is 376 g/mol. The zero-order valence-corrected chi connectivity index (χ0v) is 15.8. The zero-order chi connectivity index (χ0) is 19.5. The highest BCUT2D eigenvalue weighted by atomic mass is 16.5. The summed E-state index contributed by atoms with van der Waals surface area (Å²) in [5, 5.41) is 2.42. The number of hydrogen-bond acceptors (Lipinski definition) is 5. The van der Waals surface area contributed by atoms with Gasteiger partial charge in [-0.05, 0) is 31.9 Å². The fraction of sp³-hybridized carbons (Fsp3) is 0.550. The highest BCUT2D eigenvalue weighted by Gasteiger charge is 2.24. The van der Waals surface area contributed by atoms with Crippen LogP contribution in [0.15, 0.2) is 30.3 Å². The van der Waals surface area contributed by atoms with Gasteiger partial charge >= 0.3 is 5.97 Å². The number of carbonyl (C=O) groups excluding carboxylic acids is 3. The van der Waals surface area contributed by atoms with Gasteiger partial charge in [0.1, 0.15) is 12.3 Å². The third-order valence-corrected chi connectivity index (χ3v) is 4.58. The number of ether oxygens (including phenoxy) is 2. The lowest BCUT2D eigenvalue weighted by molar-refractivity contribution is -0.153. The molecule has 0 radical (unpaired) electrons. The zero-order valence-electron chi connectivity index (χ0n) is 15.8. The number of para-hydroxylation sites is 1. The molecule has 1 aliphatic carbocycles. The molecule has 0 heterocycles. The molecule has 27 heavy (non-hydrogen) atoms. The lowest BCUT2D eigenvalue weighted by Crippen LogP contribution is -2.44. The Morgan fingerprint density at radius 1 is 1.07 bits per heavy atom. The van der Waals surface area contributed by atoms with Crippen LogP contribution in [0.2, 0.25) is 0 Å². The van der Waals surface area contributed by atoms with Crippen LogP contribution in [0.3, 0.4) is 0 Å². The van der Waals surface area contributed by atoms with Crippen LogP contribution in [-0.2, 0) is 19.1 Å². The standard InChI is InChI=1S/C20H28N2O5/c1-2-22(16-9-5-3-6-10-16)19(24)15-27-20(25)13-21-18(23)14-26-17-11-7-4-8-12-17/h4,7-8,11-12,16H,2-3,5-6,9-10,13-15H2,1H3,(H,21,23). The number of benzene rings is 1. The Kier molecular flexibility index (Phi) is 8.61. The smallest absolute Gasteiger partial charge is 0.325 e. The molecule has 2 rings (SSSR count). The van der Waals surface area contributed by atoms with E-state index in [1.54, 1.807) is 29.2 Å². The van der Waals surface area contributed by atoms with Gasteiger partial charge in [-0.3, -0.25) is 14.4 Å². The van der Waals surface area contributed by atoms with Crippen LogP contribution >= 0.6 is 0 Å². The quantitative estimate of drug-likeness (QED) is 0.666. The Morgan fingerprint density at radius 2 is 1.78 bits per heavy atom. The largest absolute Gasteiger partial charge is 0.484 e. The minimum atomic E-state index is -0.642. The SMILES string of the molecule is CCN(C(=O)COC(=O)CNC(=O)COc1ccccc1)C1CCCCC1. The molecular weight excluding hydrogens is 348 g/mol. The predicted octanol–water partition coefficient (Wildman–Crippen LogP) is 1.91. The van der Waals surface area contributed by atoms with Crippen molar-refractivity contribution in [3.8, 4) is 5.75 Å². The molecule has 2 amide bonds. The predicted molar refractivity (Wildman–Crippen MR) is 100 cm³/mol. The summed E-state index contributed by atoms with van der Waals surface area (Å²) < 4.78 is 10.3. The molecule has 1 fully saturated rings. The Labute approximate surface area is 160 Å². The van der Waals surface area contributed by atoms with E-state index in [4.69, 9.17) is 9.47 Å². The first-order valence-electron chi connectivity index (χ1n) is 9.49. The highest BCUT2D eigenvalue weighted by Crippen LogP contribution is 2.22. The van der Waals surface area contributed by atoms with Crippen LogP contribution in [0.4, 0.5) is 0 Å². The number of rotatable bonds is 9. The molecule has 1 aromatic carbocycles. The van der Waals surface area contributed by atoms with Crippen molar-refractivity contribution in [2.75, 3.05) is 26.3 Å². The molecule has 1 saturated carbocycles. The fourth-order valence-corrected chi connectivity index (χ4v) is 3.19. The van der Waals surface area contributed by atoms with E-state index < -0.39 is 11.9 Å². The number of carbonyl (C=O) groups is 3. The molecule has 0 unspecified atom stereocenters. The maximum Gasteiger partial charge on any atom is 0.325 e. The van der Waals surface area contributed by atoms with Crippen molar-refractivity contribution in [3.05, 3.63) is 30.3 Å². The van der Waals surface area contributed by atoms with Gasteiger partial charge in [-0.25, -0.2) is 0 Å². The molecule has 0 saturated heterocycles. The van der Waals surface area contributed by atoms with Gasteiger partial charge in [0.2, 0.25) is 0 Å². The van der Waals surface area contributed by atoms with E-state index in [1.165, 1.54) is 6.42 Å². The van der Waals surface area contributed by atoms with E-state index >= 15 is 0 Å². The first-order valence-corrected chi connectivity index (χ1v) is 9.49. The molecule has 0 aromatic heterocycles. The Morgan fingerprint density at radius 3 is 2.44 bits per heavy atom. The van der Waals surface area contributed by atoms with Gasteiger partial charge in [0.15, 0.2) is 13.2 Å². The first-order chi connectivity index (χ1) is 13.1. The number of hydrogen-bond donors (Lipinski definition) is 1. The fourth-order valence-electron chi connectivity index (χ4n) is 3.19. The minimum Gasteiger partial charge on any atom is -0.484 e. The van der Waals surface area contributed by atoms with E-state index in [0.717, 1.165) is 25.7 Å². The van der Waals surface area contributed by atoms with Gasteiger partial charge in [-0.2, -0.15) is 0 Å². The summed E-state index contributed by atoms with van der Waals surface area (Å²) in [4.78, 5) is 37.6. The molecular formula is C20H28N2O5. The van der Waals surface area contributed by atoms with Gasteiger partial charge in [0, 0.05) is 12.6 Å². The van der Waals surface area contributed by atoms with E-state index in [2.05, 4.69) is 5.32 Å². The van der Waals surface area contributed by atoms with Crippen molar-refractivity contribution in [3.63, 3.8) is 0 Å². The van der Waals surface area contributed by atoms with E-state index in [-0.39, 0.29) is 31.7 Å². The maximum absolute atomic E-state index is 12.3. The second-order valence-electron chi connectivity index (χ2n) is 6.51. The molecule has 0 aliphatic heterocycles. The number of esters is 1. The number of amides is 2. The summed E-state index contributed by atoms with van der Waals surface area (Å²) in [6, 6.07) is 9.16. The lowest BCUT2D eigenvalue weighted by Gasteiger charge is -2.33. The molecule has 1 aromatic rings. The molecule has 0 spiro atoms. The van der Waals surface area contributed by atoms with Gasteiger partial charge in [-0.15, -0.1) is 0 Å². The molecule has 1 aliphatic rings. The average Bonchev–Trinajstić information content (AvgIpc) is 2.71. The van der Waals surface area contributed by atoms with Crippen LogP contribution in [0, 0.1) is 0 Å². The van der Waals surface area contributed by atoms with Crippen LogP contribution in [0.25, 0.3) is 0 Å². The second kappa shape index (κ2) is 11.2. The van der Waals surface area contributed by atoms with Crippen molar-refractivity contribution < 1.29 is 23.9 Å². The molecule has 0 bridgehead atoms. The summed E-state index contributed by atoms with van der Waals surface area (Å²) >= 11 is 0. The van der Waals surface area contributed by atoms with Crippen molar-refractivity contribution in [1.29, 1.82) is 0 Å². The van der Waals surface area contributed by atoms with Gasteiger partial charge in [0.05, 0.1) is 0 Å². The highest BCUT2D eigenvalue weighted by molar-refractivity contribution is 5.84. The normalized spacial score (nSPS) is 14.3. The summed E-state index contributed by atoms with van der Waals surface area (Å²) in [6.45, 7) is 1.76. The number of nitrogens with zero attached hydrogens (tertiary/aromatic N) is 1. The molecule has 1 N–H and O–H groups in total. The summed E-state index contributed by atoms with van der Waals surface area (Å²) in [6.07, 6.45) is 5.48. The van der Waals surface area contributed by atoms with Crippen LogP contribution in [0.5, 0.6) is 5.75 Å². The van der Waals surface area contributed by atoms with Gasteiger partial charge < -0.3 is 19.7 Å². The van der Waals surface area contributed by atoms with Crippen LogP contribution < -0.4 is 10.1 Å². The molecule has 148 valence electrons.